The number of nitrogens with two attached hydrogens (primary N) is 1. The minimum Gasteiger partial charge on any atom is -0.465 e. The van der Waals surface area contributed by atoms with Gasteiger partial charge in [-0.25, -0.2) is 0 Å². The van der Waals surface area contributed by atoms with Crippen LogP contribution in [0, 0.1) is 47.0 Å². The van der Waals surface area contributed by atoms with Crippen molar-refractivity contribution in [1.29, 1.82) is 0 Å². The molecule has 2 bridgehead atoms. The van der Waals surface area contributed by atoms with Crippen LogP contribution in [0.4, 0.5) is 0 Å². The SMILES string of the molecule is CC1C=CC(C(O)CC(=O)CCc2ccc3c(c2)OC2C(C#CC(O)c4ccc5c6c4C(C=CC6CNC5N)C4=C5CN2C=C5N=C4)C2(C#CO3)CCCC2)CC1. The summed E-state index contributed by atoms with van der Waals surface area (Å²) < 4.78 is 13.3. The smallest absolute Gasteiger partial charge is 0.187 e. The third-order valence-corrected chi connectivity index (χ3v) is 13.8. The largest absolute Gasteiger partial charge is 0.465 e. The summed E-state index contributed by atoms with van der Waals surface area (Å²) in [5.41, 5.74) is 14.3. The van der Waals surface area contributed by atoms with Crippen LogP contribution in [-0.4, -0.2) is 52.5 Å². The lowest BCUT2D eigenvalue weighted by Crippen LogP contribution is -2.47. The molecule has 0 aromatic heterocycles. The minimum absolute atomic E-state index is 0.0315. The Morgan fingerprint density at radius 2 is 1.93 bits per heavy atom. The van der Waals surface area contributed by atoms with E-state index in [4.69, 9.17) is 20.2 Å². The van der Waals surface area contributed by atoms with Crippen LogP contribution in [0.3, 0.4) is 0 Å². The standard InChI is InChI=1S/C48H50N4O5/c1-28-4-8-30(9-5-28)41(55)23-32(53)11-6-29-7-17-42-43(22-29)57-47-38(48(20-21-56-42)18-2-3-19-48)15-16-40(54)34-13-14-35-44-31(24-51-46(35)49)10-12-33(45(34)44)36-25-50-39-27-52(47)26-37(36)39/h4,7-8,10,12-14,17,22,25,27-28,30-31,33,38,40-41,46-47,51,54-55H,2-3,5-6,9,11,18-19,23-24,26,49H2,1H3. The fourth-order valence-corrected chi connectivity index (χ4v) is 10.6. The number of ketones is 1. The summed E-state index contributed by atoms with van der Waals surface area (Å²) in [6, 6.07) is 9.87. The van der Waals surface area contributed by atoms with Gasteiger partial charge < -0.3 is 30.3 Å². The van der Waals surface area contributed by atoms with E-state index >= 15 is 0 Å². The topological polar surface area (TPSA) is 130 Å². The summed E-state index contributed by atoms with van der Waals surface area (Å²) in [6.45, 7) is 3.50. The molecule has 292 valence electrons. The highest BCUT2D eigenvalue weighted by Crippen LogP contribution is 2.51. The molecule has 5 aliphatic heterocycles. The van der Waals surface area contributed by atoms with Crippen LogP contribution in [0.15, 0.2) is 82.7 Å². The molecular formula is C48H50N4O5. The number of nitrogens with one attached hydrogen (secondary N) is 1. The lowest BCUT2D eigenvalue weighted by atomic mass is 9.71. The Hall–Kier alpha value is -4.90. The van der Waals surface area contributed by atoms with E-state index in [2.05, 4.69) is 77.6 Å². The predicted octanol–water partition coefficient (Wildman–Crippen LogP) is 6.36. The average Bonchev–Trinajstić information content (AvgIpc) is 3.96. The maximum atomic E-state index is 13.1. The van der Waals surface area contributed by atoms with Gasteiger partial charge in [-0.1, -0.05) is 80.0 Å². The summed E-state index contributed by atoms with van der Waals surface area (Å²) in [4.78, 5) is 20.3. The highest BCUT2D eigenvalue weighted by molar-refractivity contribution is 5.90. The lowest BCUT2D eigenvalue weighted by Gasteiger charge is -2.40. The highest BCUT2D eigenvalue weighted by atomic mass is 16.5. The first-order valence-corrected chi connectivity index (χ1v) is 20.9. The maximum Gasteiger partial charge on any atom is 0.187 e. The maximum absolute atomic E-state index is 13.1. The van der Waals surface area contributed by atoms with Crippen LogP contribution in [-0.2, 0) is 11.2 Å². The molecule has 0 saturated heterocycles. The number of ether oxygens (including phenoxy) is 2. The zero-order chi connectivity index (χ0) is 38.8. The van der Waals surface area contributed by atoms with E-state index < -0.39 is 29.8 Å². The van der Waals surface area contributed by atoms with Gasteiger partial charge in [0.25, 0.3) is 0 Å². The third kappa shape index (κ3) is 6.46. The van der Waals surface area contributed by atoms with Gasteiger partial charge in [-0.3, -0.25) is 15.1 Å². The number of aliphatic imine (C=N–C) groups is 1. The molecule has 10 rings (SSSR count). The average molecular weight is 763 g/mol. The molecule has 9 heteroatoms. The van der Waals surface area contributed by atoms with Crippen molar-refractivity contribution in [2.24, 2.45) is 33.9 Å². The van der Waals surface area contributed by atoms with Gasteiger partial charge in [0.1, 0.15) is 18.0 Å². The van der Waals surface area contributed by atoms with Gasteiger partial charge in [0.2, 0.25) is 0 Å². The summed E-state index contributed by atoms with van der Waals surface area (Å²) in [5.74, 6) is 11.8. The van der Waals surface area contributed by atoms with Crippen LogP contribution in [0.5, 0.6) is 11.5 Å². The number of benzene rings is 2. The minimum atomic E-state index is -1.04. The van der Waals surface area contributed by atoms with E-state index in [1.165, 1.54) is 5.56 Å². The van der Waals surface area contributed by atoms with Gasteiger partial charge in [-0.15, -0.1) is 0 Å². The van der Waals surface area contributed by atoms with Crippen molar-refractivity contribution in [3.8, 4) is 35.4 Å². The number of hydrogen-bond donors (Lipinski definition) is 4. The number of carbonyl (C=O) groups excluding carboxylic acids is 1. The molecule has 57 heavy (non-hydrogen) atoms. The Bertz CT molecular complexity index is 2290. The summed E-state index contributed by atoms with van der Waals surface area (Å²) in [7, 11) is 0. The van der Waals surface area contributed by atoms with Crippen LogP contribution in [0.2, 0.25) is 0 Å². The summed E-state index contributed by atoms with van der Waals surface area (Å²) in [5, 5.41) is 26.4. The van der Waals surface area contributed by atoms with Gasteiger partial charge in [0.15, 0.2) is 17.7 Å². The quantitative estimate of drug-likeness (QED) is 0.198. The van der Waals surface area contributed by atoms with Crippen LogP contribution < -0.4 is 20.5 Å². The number of nitrogens with zero attached hydrogens (tertiary/aromatic N) is 2. The zero-order valence-corrected chi connectivity index (χ0v) is 32.4. The molecule has 5 heterocycles. The Morgan fingerprint density at radius 1 is 1.07 bits per heavy atom. The fraction of sp³-hybridized carbons (Fsp3) is 0.458. The second kappa shape index (κ2) is 14.5. The number of carbonyl (C=O) groups is 1. The monoisotopic (exact) mass is 762 g/mol. The van der Waals surface area contributed by atoms with Crippen molar-refractivity contribution >= 4 is 12.0 Å². The van der Waals surface area contributed by atoms with Gasteiger partial charge in [0, 0.05) is 61.7 Å². The van der Waals surface area contributed by atoms with E-state index in [1.807, 2.05) is 30.5 Å². The summed E-state index contributed by atoms with van der Waals surface area (Å²) in [6.07, 6.45) is 20.0. The van der Waals surface area contributed by atoms with Crippen LogP contribution >= 0.6 is 0 Å². The van der Waals surface area contributed by atoms with Gasteiger partial charge in [-0.2, -0.15) is 0 Å². The third-order valence-electron chi connectivity index (χ3n) is 13.8. The molecule has 9 unspecified atom stereocenters. The Balaban J connectivity index is 1.01. The number of rotatable bonds is 6. The van der Waals surface area contributed by atoms with Gasteiger partial charge in [-0.05, 0) is 83.5 Å². The summed E-state index contributed by atoms with van der Waals surface area (Å²) >= 11 is 0. The molecule has 8 aliphatic rings. The number of hydrogen-bond acceptors (Lipinski definition) is 9. The molecule has 5 N–H and O–H groups in total. The number of Topliss-reactive ketones (excluding diaryl/α,β-unsaturated/α-hetero) is 1. The molecule has 3 aliphatic carbocycles. The molecule has 9 nitrogen and oxygen atoms in total. The second-order valence-electron chi connectivity index (χ2n) is 17.4. The molecule has 1 fully saturated rings. The number of aryl methyl sites for hydroxylation is 1. The number of aliphatic hydroxyl groups excluding tert-OH is 2. The molecule has 2 aromatic carbocycles. The van der Waals surface area contributed by atoms with Crippen molar-refractivity contribution in [2.45, 2.75) is 101 Å². The lowest BCUT2D eigenvalue weighted by molar-refractivity contribution is -0.121. The molecule has 2 aromatic rings. The molecule has 9 atom stereocenters. The predicted molar refractivity (Wildman–Crippen MR) is 218 cm³/mol. The zero-order valence-electron chi connectivity index (χ0n) is 32.4. The van der Waals surface area contributed by atoms with E-state index in [-0.39, 0.29) is 36.1 Å². The van der Waals surface area contributed by atoms with Crippen molar-refractivity contribution < 1.29 is 24.5 Å². The van der Waals surface area contributed by atoms with Crippen LogP contribution in [0.25, 0.3) is 0 Å². The Morgan fingerprint density at radius 3 is 2.77 bits per heavy atom. The first kappa shape index (κ1) is 36.4. The molecule has 1 spiro atoms. The Labute approximate surface area is 334 Å². The van der Waals surface area contributed by atoms with Crippen molar-refractivity contribution in [1.82, 2.24) is 10.2 Å². The van der Waals surface area contributed by atoms with E-state index in [9.17, 15) is 15.0 Å². The number of fused-ring (bicyclic) bond motifs is 6. The molecule has 0 amide bonds. The number of allylic oxidation sites excluding steroid dienone is 3. The normalized spacial score (nSPS) is 31.3. The van der Waals surface area contributed by atoms with Crippen molar-refractivity contribution in [2.75, 3.05) is 13.1 Å². The van der Waals surface area contributed by atoms with Gasteiger partial charge in [0.05, 0.1) is 29.3 Å². The first-order chi connectivity index (χ1) is 27.7. The fourth-order valence-electron chi connectivity index (χ4n) is 10.6. The molecular weight excluding hydrogens is 713 g/mol. The van der Waals surface area contributed by atoms with Crippen molar-refractivity contribution in [3.63, 3.8) is 0 Å². The van der Waals surface area contributed by atoms with E-state index in [0.29, 0.717) is 36.8 Å². The van der Waals surface area contributed by atoms with E-state index in [0.717, 1.165) is 84.2 Å². The van der Waals surface area contributed by atoms with E-state index in [1.54, 1.807) is 0 Å². The highest BCUT2D eigenvalue weighted by Gasteiger charge is 2.49. The second-order valence-corrected chi connectivity index (χ2v) is 17.4. The van der Waals surface area contributed by atoms with Crippen LogP contribution in [0.1, 0.15) is 110 Å². The molecule has 1 saturated carbocycles. The number of aliphatic hydroxyl groups is 2. The van der Waals surface area contributed by atoms with Crippen molar-refractivity contribution in [3.05, 3.63) is 105 Å². The Kier molecular flexibility index (Phi) is 9.26. The first-order valence-electron chi connectivity index (χ1n) is 20.9. The molecule has 0 radical (unpaired) electrons. The van der Waals surface area contributed by atoms with Gasteiger partial charge >= 0.3 is 0 Å².